The lowest BCUT2D eigenvalue weighted by atomic mass is 9.94. The summed E-state index contributed by atoms with van der Waals surface area (Å²) in [5.74, 6) is -1.38. The van der Waals surface area contributed by atoms with E-state index in [1.54, 1.807) is 18.2 Å². The monoisotopic (exact) mass is 334 g/mol. The Labute approximate surface area is 118 Å². The lowest BCUT2D eigenvalue weighted by Gasteiger charge is -2.15. The standard InChI is InChI=1S/C12H12BrClO4/c13-5-9(15)4-7-2-1-3-8(6-14)10(7)11(16)12(17)18/h1-3,11,16H,4-6H2,(H,17,18). The van der Waals surface area contributed by atoms with Crippen molar-refractivity contribution in [3.63, 3.8) is 0 Å². The van der Waals surface area contributed by atoms with Crippen molar-refractivity contribution in [2.45, 2.75) is 18.4 Å². The average Bonchev–Trinajstić information content (AvgIpc) is 2.37. The van der Waals surface area contributed by atoms with Gasteiger partial charge in [0.15, 0.2) is 6.10 Å². The van der Waals surface area contributed by atoms with Crippen LogP contribution in [0.4, 0.5) is 0 Å². The van der Waals surface area contributed by atoms with Crippen LogP contribution in [0.1, 0.15) is 22.8 Å². The number of hydrogen-bond donors (Lipinski definition) is 2. The molecule has 18 heavy (non-hydrogen) atoms. The predicted octanol–water partition coefficient (Wildman–Crippen LogP) is 2.05. The van der Waals surface area contributed by atoms with Gasteiger partial charge in [-0.2, -0.15) is 0 Å². The van der Waals surface area contributed by atoms with Crippen LogP contribution in [-0.2, 0) is 21.9 Å². The average molecular weight is 336 g/mol. The van der Waals surface area contributed by atoms with Crippen molar-refractivity contribution in [2.24, 2.45) is 0 Å². The van der Waals surface area contributed by atoms with E-state index in [1.165, 1.54) is 0 Å². The Bertz CT molecular complexity index is 461. The SMILES string of the molecule is O=C(CBr)Cc1cccc(CCl)c1C(O)C(=O)O. The Balaban J connectivity index is 3.24. The zero-order valence-corrected chi connectivity index (χ0v) is 11.7. The van der Waals surface area contributed by atoms with Crippen LogP contribution in [0, 0.1) is 0 Å². The number of Topliss-reactive ketones (excluding diaryl/α,β-unsaturated/α-hetero) is 1. The summed E-state index contributed by atoms with van der Waals surface area (Å²) >= 11 is 8.77. The molecule has 0 radical (unpaired) electrons. The van der Waals surface area contributed by atoms with Gasteiger partial charge in [0, 0.05) is 12.3 Å². The maximum atomic E-state index is 11.4. The van der Waals surface area contributed by atoms with E-state index in [0.29, 0.717) is 11.1 Å². The molecule has 0 heterocycles. The summed E-state index contributed by atoms with van der Waals surface area (Å²) in [6, 6.07) is 4.95. The van der Waals surface area contributed by atoms with Gasteiger partial charge in [-0.25, -0.2) is 4.79 Å². The van der Waals surface area contributed by atoms with Gasteiger partial charge in [-0.15, -0.1) is 11.6 Å². The molecule has 0 aromatic heterocycles. The molecule has 0 aliphatic rings. The number of rotatable bonds is 6. The number of halogens is 2. The van der Waals surface area contributed by atoms with E-state index in [0.717, 1.165) is 0 Å². The molecular formula is C12H12BrClO4. The normalized spacial score (nSPS) is 12.2. The smallest absolute Gasteiger partial charge is 0.337 e. The topological polar surface area (TPSA) is 74.6 Å². The van der Waals surface area contributed by atoms with E-state index in [1.807, 2.05) is 0 Å². The van der Waals surface area contributed by atoms with Crippen molar-refractivity contribution in [2.75, 3.05) is 5.33 Å². The molecule has 4 nitrogen and oxygen atoms in total. The molecule has 1 atom stereocenters. The van der Waals surface area contributed by atoms with Crippen molar-refractivity contribution >= 4 is 39.3 Å². The zero-order chi connectivity index (χ0) is 13.7. The first-order valence-electron chi connectivity index (χ1n) is 5.16. The Hall–Kier alpha value is -0.910. The third-order valence-electron chi connectivity index (χ3n) is 2.47. The van der Waals surface area contributed by atoms with Gasteiger partial charge >= 0.3 is 5.97 Å². The van der Waals surface area contributed by atoms with Crippen LogP contribution in [0.15, 0.2) is 18.2 Å². The van der Waals surface area contributed by atoms with Gasteiger partial charge in [0.25, 0.3) is 0 Å². The highest BCUT2D eigenvalue weighted by Crippen LogP contribution is 2.25. The summed E-state index contributed by atoms with van der Waals surface area (Å²) in [5.41, 5.74) is 1.23. The van der Waals surface area contributed by atoms with Crippen LogP contribution in [-0.4, -0.2) is 27.3 Å². The minimum atomic E-state index is -1.67. The van der Waals surface area contributed by atoms with Crippen molar-refractivity contribution in [3.8, 4) is 0 Å². The number of ketones is 1. The quantitative estimate of drug-likeness (QED) is 0.780. The number of carboxylic acid groups (broad SMARTS) is 1. The Morgan fingerprint density at radius 2 is 1.94 bits per heavy atom. The first-order chi connectivity index (χ1) is 8.51. The van der Waals surface area contributed by atoms with E-state index >= 15 is 0 Å². The zero-order valence-electron chi connectivity index (χ0n) is 9.40. The molecule has 1 aromatic carbocycles. The molecular weight excluding hydrogens is 323 g/mol. The van der Waals surface area contributed by atoms with Crippen LogP contribution >= 0.6 is 27.5 Å². The number of benzene rings is 1. The third-order valence-corrected chi connectivity index (χ3v) is 3.39. The molecule has 0 saturated carbocycles. The molecule has 1 rings (SSSR count). The van der Waals surface area contributed by atoms with E-state index in [2.05, 4.69) is 15.9 Å². The van der Waals surface area contributed by atoms with Gasteiger partial charge in [-0.05, 0) is 16.7 Å². The molecule has 0 bridgehead atoms. The number of aliphatic carboxylic acids is 1. The minimum Gasteiger partial charge on any atom is -0.479 e. The lowest BCUT2D eigenvalue weighted by Crippen LogP contribution is -2.17. The van der Waals surface area contributed by atoms with Crippen LogP contribution in [0.5, 0.6) is 0 Å². The molecule has 0 amide bonds. The number of aliphatic hydroxyl groups is 1. The number of carbonyl (C=O) groups is 2. The number of hydrogen-bond acceptors (Lipinski definition) is 3. The molecule has 2 N–H and O–H groups in total. The van der Waals surface area contributed by atoms with E-state index in [4.69, 9.17) is 16.7 Å². The van der Waals surface area contributed by atoms with Gasteiger partial charge in [-0.3, -0.25) is 4.79 Å². The molecule has 6 heteroatoms. The molecule has 0 aliphatic heterocycles. The van der Waals surface area contributed by atoms with E-state index in [-0.39, 0.29) is 29.0 Å². The van der Waals surface area contributed by atoms with Crippen molar-refractivity contribution < 1.29 is 19.8 Å². The van der Waals surface area contributed by atoms with Crippen LogP contribution in [0.25, 0.3) is 0 Å². The predicted molar refractivity (Wildman–Crippen MR) is 71.1 cm³/mol. The fourth-order valence-corrected chi connectivity index (χ4v) is 2.10. The summed E-state index contributed by atoms with van der Waals surface area (Å²) in [7, 11) is 0. The maximum absolute atomic E-state index is 11.4. The molecule has 1 aromatic rings. The molecule has 98 valence electrons. The second-order valence-electron chi connectivity index (χ2n) is 3.71. The van der Waals surface area contributed by atoms with Crippen LogP contribution < -0.4 is 0 Å². The highest BCUT2D eigenvalue weighted by Gasteiger charge is 2.23. The first kappa shape index (κ1) is 15.1. The van der Waals surface area contributed by atoms with Gasteiger partial charge in [0.2, 0.25) is 0 Å². The highest BCUT2D eigenvalue weighted by atomic mass is 79.9. The number of carboxylic acids is 1. The van der Waals surface area contributed by atoms with Crippen LogP contribution in [0.2, 0.25) is 0 Å². The first-order valence-corrected chi connectivity index (χ1v) is 6.82. The fraction of sp³-hybridized carbons (Fsp3) is 0.333. The number of alkyl halides is 2. The van der Waals surface area contributed by atoms with Gasteiger partial charge < -0.3 is 10.2 Å². The lowest BCUT2D eigenvalue weighted by molar-refractivity contribution is -0.147. The summed E-state index contributed by atoms with van der Waals surface area (Å²) in [6.07, 6.45) is -1.60. The van der Waals surface area contributed by atoms with Crippen molar-refractivity contribution in [1.29, 1.82) is 0 Å². The number of aliphatic hydroxyl groups excluding tert-OH is 1. The molecule has 1 unspecified atom stereocenters. The molecule has 0 aliphatic carbocycles. The Morgan fingerprint density at radius 1 is 1.33 bits per heavy atom. The summed E-state index contributed by atoms with van der Waals surface area (Å²) < 4.78 is 0. The van der Waals surface area contributed by atoms with E-state index < -0.39 is 12.1 Å². The Morgan fingerprint density at radius 3 is 2.44 bits per heavy atom. The highest BCUT2D eigenvalue weighted by molar-refractivity contribution is 9.09. The summed E-state index contributed by atoms with van der Waals surface area (Å²) in [4.78, 5) is 22.3. The maximum Gasteiger partial charge on any atom is 0.337 e. The minimum absolute atomic E-state index is 0.0651. The van der Waals surface area contributed by atoms with E-state index in [9.17, 15) is 14.7 Å². The van der Waals surface area contributed by atoms with Gasteiger partial charge in [-0.1, -0.05) is 34.1 Å². The second-order valence-corrected chi connectivity index (χ2v) is 4.54. The summed E-state index contributed by atoms with van der Waals surface area (Å²) in [6.45, 7) is 0. The fourth-order valence-electron chi connectivity index (χ4n) is 1.67. The summed E-state index contributed by atoms with van der Waals surface area (Å²) in [5, 5.41) is 18.8. The second kappa shape index (κ2) is 6.87. The van der Waals surface area contributed by atoms with Gasteiger partial charge in [0.1, 0.15) is 5.78 Å². The molecule has 0 saturated heterocycles. The molecule has 0 spiro atoms. The van der Waals surface area contributed by atoms with Crippen molar-refractivity contribution in [1.82, 2.24) is 0 Å². The molecule has 0 fully saturated rings. The number of carbonyl (C=O) groups excluding carboxylic acids is 1. The van der Waals surface area contributed by atoms with Crippen LogP contribution in [0.3, 0.4) is 0 Å². The van der Waals surface area contributed by atoms with Crippen molar-refractivity contribution in [3.05, 3.63) is 34.9 Å². The Kier molecular flexibility index (Phi) is 5.78. The largest absolute Gasteiger partial charge is 0.479 e. The van der Waals surface area contributed by atoms with Gasteiger partial charge in [0.05, 0.1) is 5.33 Å². The third kappa shape index (κ3) is 3.54.